The largest absolute Gasteiger partial charge is 0.303 e. The van der Waals surface area contributed by atoms with E-state index in [1.165, 1.54) is 44.3 Å². The lowest BCUT2D eigenvalue weighted by Crippen LogP contribution is -2.35. The van der Waals surface area contributed by atoms with Crippen LogP contribution in [-0.4, -0.2) is 50.1 Å². The SMILES string of the molecule is c1ccc(C(CCCN2CC3CCC(CC3)C2)(c2ccccn2)c2nnn[nH]2)cc1. The molecule has 1 aliphatic carbocycles. The van der Waals surface area contributed by atoms with Crippen molar-refractivity contribution in [3.63, 3.8) is 0 Å². The maximum atomic E-state index is 4.77. The van der Waals surface area contributed by atoms with Crippen LogP contribution in [0.5, 0.6) is 0 Å². The minimum absolute atomic E-state index is 0.475. The molecule has 6 rings (SSSR count). The normalized spacial score (nSPS) is 23.7. The topological polar surface area (TPSA) is 70.6 Å². The van der Waals surface area contributed by atoms with Gasteiger partial charge in [-0.3, -0.25) is 4.98 Å². The van der Waals surface area contributed by atoms with E-state index in [0.717, 1.165) is 42.7 Å². The number of benzene rings is 1. The predicted octanol–water partition coefficient (Wildman–Crippen LogP) is 3.83. The van der Waals surface area contributed by atoms with Crippen LogP contribution >= 0.6 is 0 Å². The molecule has 4 heterocycles. The first-order valence-electron chi connectivity index (χ1n) is 11.3. The summed E-state index contributed by atoms with van der Waals surface area (Å²) in [7, 11) is 0. The third-order valence-electron chi connectivity index (χ3n) is 7.14. The first kappa shape index (κ1) is 19.4. The lowest BCUT2D eigenvalue weighted by molar-refractivity contribution is 0.242. The fourth-order valence-electron chi connectivity index (χ4n) is 5.63. The lowest BCUT2D eigenvalue weighted by Gasteiger charge is -2.32. The van der Waals surface area contributed by atoms with Gasteiger partial charge in [0.05, 0.1) is 11.1 Å². The van der Waals surface area contributed by atoms with Gasteiger partial charge in [-0.15, -0.1) is 5.10 Å². The van der Waals surface area contributed by atoms with E-state index in [2.05, 4.69) is 68.0 Å². The highest BCUT2D eigenvalue weighted by Crippen LogP contribution is 2.40. The molecule has 6 heteroatoms. The number of hydrogen-bond donors (Lipinski definition) is 1. The number of nitrogens with zero attached hydrogens (tertiary/aromatic N) is 5. The van der Waals surface area contributed by atoms with E-state index in [4.69, 9.17) is 4.98 Å². The van der Waals surface area contributed by atoms with Crippen molar-refractivity contribution < 1.29 is 0 Å². The Morgan fingerprint density at radius 1 is 0.933 bits per heavy atom. The fourth-order valence-corrected chi connectivity index (χ4v) is 5.63. The zero-order chi connectivity index (χ0) is 20.2. The molecule has 2 aliphatic heterocycles. The van der Waals surface area contributed by atoms with Gasteiger partial charge in [0.2, 0.25) is 0 Å². The van der Waals surface area contributed by atoms with Gasteiger partial charge in [0.15, 0.2) is 5.82 Å². The quantitative estimate of drug-likeness (QED) is 0.650. The van der Waals surface area contributed by atoms with Crippen LogP contribution in [0.4, 0.5) is 0 Å². The Morgan fingerprint density at radius 2 is 1.67 bits per heavy atom. The number of aromatic nitrogens is 5. The van der Waals surface area contributed by atoms with Crippen molar-refractivity contribution in [2.75, 3.05) is 19.6 Å². The van der Waals surface area contributed by atoms with Crippen LogP contribution in [0, 0.1) is 11.8 Å². The van der Waals surface area contributed by atoms with Crippen molar-refractivity contribution in [1.29, 1.82) is 0 Å². The summed E-state index contributed by atoms with van der Waals surface area (Å²) < 4.78 is 0. The Labute approximate surface area is 178 Å². The number of rotatable bonds is 7. The third-order valence-corrected chi connectivity index (χ3v) is 7.14. The third kappa shape index (κ3) is 3.76. The molecule has 1 atom stereocenters. The van der Waals surface area contributed by atoms with E-state index in [9.17, 15) is 0 Å². The number of nitrogens with one attached hydrogen (secondary N) is 1. The molecule has 0 amide bonds. The van der Waals surface area contributed by atoms with E-state index in [1.807, 2.05) is 12.3 Å². The van der Waals surface area contributed by atoms with Crippen LogP contribution in [0.15, 0.2) is 54.7 Å². The Morgan fingerprint density at radius 3 is 2.30 bits per heavy atom. The second-order valence-electron chi connectivity index (χ2n) is 8.99. The summed E-state index contributed by atoms with van der Waals surface area (Å²) >= 11 is 0. The molecule has 2 saturated heterocycles. The van der Waals surface area contributed by atoms with Gasteiger partial charge >= 0.3 is 0 Å². The number of tetrazole rings is 1. The molecule has 2 bridgehead atoms. The van der Waals surface area contributed by atoms with Gasteiger partial charge < -0.3 is 4.90 Å². The van der Waals surface area contributed by atoms with Crippen molar-refractivity contribution in [3.05, 3.63) is 71.8 Å². The van der Waals surface area contributed by atoms with Crippen molar-refractivity contribution in [3.8, 4) is 0 Å². The standard InChI is InChI=1S/C24H30N6/c1-2-7-21(8-3-1)24(23-26-28-29-27-23,22-9-4-5-15-25-22)14-6-16-30-17-19-10-11-20(18-30)13-12-19/h1-5,7-9,15,19-20H,6,10-14,16-18H2,(H,26,27,28,29). The van der Waals surface area contributed by atoms with Gasteiger partial charge in [-0.25, -0.2) is 5.10 Å². The molecule has 1 unspecified atom stereocenters. The first-order valence-corrected chi connectivity index (χ1v) is 11.3. The summed E-state index contributed by atoms with van der Waals surface area (Å²) in [5.74, 6) is 2.57. The van der Waals surface area contributed by atoms with Crippen LogP contribution in [0.3, 0.4) is 0 Å². The Bertz CT molecular complexity index is 850. The van der Waals surface area contributed by atoms with E-state index in [0.29, 0.717) is 0 Å². The van der Waals surface area contributed by atoms with Gasteiger partial charge in [-0.1, -0.05) is 36.4 Å². The summed E-state index contributed by atoms with van der Waals surface area (Å²) in [6, 6.07) is 16.7. The van der Waals surface area contributed by atoms with Crippen LogP contribution in [0.25, 0.3) is 0 Å². The monoisotopic (exact) mass is 402 g/mol. The zero-order valence-electron chi connectivity index (χ0n) is 17.5. The molecule has 30 heavy (non-hydrogen) atoms. The van der Waals surface area contributed by atoms with Crippen LogP contribution in [0.1, 0.15) is 55.6 Å². The molecule has 0 radical (unpaired) electrons. The van der Waals surface area contributed by atoms with E-state index in [-0.39, 0.29) is 0 Å². The second kappa shape index (κ2) is 8.64. The molecule has 156 valence electrons. The zero-order valence-corrected chi connectivity index (χ0v) is 17.5. The number of pyridine rings is 1. The number of aromatic amines is 1. The molecule has 3 aromatic rings. The molecule has 3 fully saturated rings. The minimum Gasteiger partial charge on any atom is -0.303 e. The van der Waals surface area contributed by atoms with Gasteiger partial charge in [0.1, 0.15) is 0 Å². The maximum absolute atomic E-state index is 4.77. The summed E-state index contributed by atoms with van der Waals surface area (Å²) in [4.78, 5) is 7.48. The van der Waals surface area contributed by atoms with Crippen molar-refractivity contribution in [2.45, 2.75) is 43.9 Å². The molecular weight excluding hydrogens is 372 g/mol. The van der Waals surface area contributed by atoms with Crippen molar-refractivity contribution in [2.24, 2.45) is 11.8 Å². The van der Waals surface area contributed by atoms with Crippen LogP contribution < -0.4 is 0 Å². The Kier molecular flexibility index (Phi) is 5.58. The van der Waals surface area contributed by atoms with Gasteiger partial charge in [-0.05, 0) is 85.0 Å². The number of H-pyrrole nitrogens is 1. The highest BCUT2D eigenvalue weighted by molar-refractivity contribution is 5.42. The van der Waals surface area contributed by atoms with Crippen LogP contribution in [-0.2, 0) is 5.41 Å². The molecule has 6 nitrogen and oxygen atoms in total. The lowest BCUT2D eigenvalue weighted by atomic mass is 9.73. The average Bonchev–Trinajstić information content (AvgIpc) is 3.19. The predicted molar refractivity (Wildman–Crippen MR) is 116 cm³/mol. The number of hydrogen-bond acceptors (Lipinski definition) is 5. The highest BCUT2D eigenvalue weighted by Gasteiger charge is 2.41. The van der Waals surface area contributed by atoms with E-state index < -0.39 is 5.41 Å². The molecular formula is C24H30N6. The fraction of sp³-hybridized carbons (Fsp3) is 0.500. The van der Waals surface area contributed by atoms with Gasteiger partial charge in [-0.2, -0.15) is 0 Å². The number of fused-ring (bicyclic) bond motifs is 4. The average molecular weight is 403 g/mol. The second-order valence-corrected chi connectivity index (χ2v) is 8.99. The van der Waals surface area contributed by atoms with Crippen LogP contribution in [0.2, 0.25) is 0 Å². The molecule has 0 spiro atoms. The van der Waals surface area contributed by atoms with Crippen molar-refractivity contribution in [1.82, 2.24) is 30.5 Å². The summed E-state index contributed by atoms with van der Waals surface area (Å²) in [5.41, 5.74) is 1.69. The van der Waals surface area contributed by atoms with Gasteiger partial charge in [0.25, 0.3) is 0 Å². The minimum atomic E-state index is -0.475. The molecule has 1 N–H and O–H groups in total. The molecule has 3 aliphatic rings. The summed E-state index contributed by atoms with van der Waals surface area (Å²) in [6.07, 6.45) is 9.55. The molecule has 1 saturated carbocycles. The Balaban J connectivity index is 1.44. The summed E-state index contributed by atoms with van der Waals surface area (Å²) in [6.45, 7) is 3.65. The molecule has 1 aromatic carbocycles. The van der Waals surface area contributed by atoms with E-state index >= 15 is 0 Å². The first-order chi connectivity index (χ1) is 14.8. The maximum Gasteiger partial charge on any atom is 0.165 e. The van der Waals surface area contributed by atoms with E-state index in [1.54, 1.807) is 0 Å². The Hall–Kier alpha value is -2.60. The van der Waals surface area contributed by atoms with Crippen molar-refractivity contribution >= 4 is 0 Å². The smallest absolute Gasteiger partial charge is 0.165 e. The highest BCUT2D eigenvalue weighted by atomic mass is 15.5. The summed E-state index contributed by atoms with van der Waals surface area (Å²) in [5, 5.41) is 15.3. The molecule has 2 aromatic heterocycles. The van der Waals surface area contributed by atoms with Gasteiger partial charge in [0, 0.05) is 19.3 Å².